The first-order valence-corrected chi connectivity index (χ1v) is 12.5. The van der Waals surface area contributed by atoms with E-state index >= 15 is 0 Å². The van der Waals surface area contributed by atoms with Crippen molar-refractivity contribution in [1.82, 2.24) is 10.2 Å². The van der Waals surface area contributed by atoms with Gasteiger partial charge in [-0.3, -0.25) is 9.59 Å². The molecule has 2 aliphatic carbocycles. The molecule has 2 unspecified atom stereocenters. The number of alkyl carbamates (subject to hydrolysis) is 1. The Hall–Kier alpha value is -3.35. The number of nitrogens with zero attached hydrogens (tertiary/aromatic N) is 1. The first kappa shape index (κ1) is 23.4. The second-order valence-electron chi connectivity index (χ2n) is 10.1. The molecule has 2 amide bonds. The zero-order chi connectivity index (χ0) is 24.6. The van der Waals surface area contributed by atoms with Crippen LogP contribution in [0.2, 0.25) is 0 Å². The SMILES string of the molecule is CC1C(C(=O)O)CCN1C(=O)C1(CNC(=O)OCC2c3ccccc3-c3ccccc32)CCCC1. The van der Waals surface area contributed by atoms with E-state index in [1.54, 1.807) is 4.90 Å². The average molecular weight is 477 g/mol. The highest BCUT2D eigenvalue weighted by atomic mass is 16.5. The van der Waals surface area contributed by atoms with Gasteiger partial charge in [0, 0.05) is 25.0 Å². The smallest absolute Gasteiger partial charge is 0.407 e. The molecule has 1 saturated heterocycles. The van der Waals surface area contributed by atoms with Crippen LogP contribution in [0.15, 0.2) is 48.5 Å². The summed E-state index contributed by atoms with van der Waals surface area (Å²) in [5, 5.41) is 12.3. The zero-order valence-electron chi connectivity index (χ0n) is 20.0. The Labute approximate surface area is 205 Å². The van der Waals surface area contributed by atoms with Crippen LogP contribution in [0.5, 0.6) is 0 Å². The Bertz CT molecular complexity index is 1090. The molecule has 1 heterocycles. The summed E-state index contributed by atoms with van der Waals surface area (Å²) in [7, 11) is 0. The molecule has 2 N–H and O–H groups in total. The minimum absolute atomic E-state index is 0.0198. The molecule has 0 aromatic heterocycles. The molecule has 0 bridgehead atoms. The fourth-order valence-electron chi connectivity index (χ4n) is 6.27. The predicted octanol–water partition coefficient (Wildman–Crippen LogP) is 4.41. The van der Waals surface area contributed by atoms with Crippen LogP contribution in [0.1, 0.15) is 56.1 Å². The van der Waals surface area contributed by atoms with Crippen LogP contribution < -0.4 is 5.32 Å². The maximum atomic E-state index is 13.5. The molecule has 1 aliphatic heterocycles. The number of hydrogen-bond donors (Lipinski definition) is 2. The maximum absolute atomic E-state index is 13.5. The van der Waals surface area contributed by atoms with Crippen molar-refractivity contribution in [3.05, 3.63) is 59.7 Å². The topological polar surface area (TPSA) is 95.9 Å². The number of likely N-dealkylation sites (tertiary alicyclic amines) is 1. The number of ether oxygens (including phenoxy) is 1. The molecule has 2 fully saturated rings. The summed E-state index contributed by atoms with van der Waals surface area (Å²) in [5.74, 6) is -1.45. The van der Waals surface area contributed by atoms with Gasteiger partial charge in [0.05, 0.1) is 11.3 Å². The third-order valence-corrected chi connectivity index (χ3v) is 8.26. The molecular weight excluding hydrogens is 444 g/mol. The highest BCUT2D eigenvalue weighted by molar-refractivity contribution is 5.86. The Morgan fingerprint density at radius 3 is 2.20 bits per heavy atom. The van der Waals surface area contributed by atoms with Gasteiger partial charge in [0.15, 0.2) is 0 Å². The van der Waals surface area contributed by atoms with Crippen LogP contribution in [-0.2, 0) is 14.3 Å². The van der Waals surface area contributed by atoms with Crippen molar-refractivity contribution < 1.29 is 24.2 Å². The van der Waals surface area contributed by atoms with Crippen molar-refractivity contribution in [3.63, 3.8) is 0 Å². The summed E-state index contributed by atoms with van der Waals surface area (Å²) in [4.78, 5) is 39.5. The lowest BCUT2D eigenvalue weighted by atomic mass is 9.84. The fourth-order valence-corrected chi connectivity index (χ4v) is 6.27. The molecule has 0 spiro atoms. The first-order valence-electron chi connectivity index (χ1n) is 12.5. The molecule has 2 aromatic rings. The fraction of sp³-hybridized carbons (Fsp3) is 0.464. The molecule has 7 heteroatoms. The number of carboxylic acid groups (broad SMARTS) is 1. The molecule has 5 rings (SSSR count). The van der Waals surface area contributed by atoms with Crippen LogP contribution in [-0.4, -0.2) is 53.7 Å². The zero-order valence-corrected chi connectivity index (χ0v) is 20.0. The summed E-state index contributed by atoms with van der Waals surface area (Å²) >= 11 is 0. The number of carbonyl (C=O) groups is 3. The number of hydrogen-bond acceptors (Lipinski definition) is 4. The Morgan fingerprint density at radius 2 is 1.63 bits per heavy atom. The van der Waals surface area contributed by atoms with Crippen molar-refractivity contribution in [2.24, 2.45) is 11.3 Å². The summed E-state index contributed by atoms with van der Waals surface area (Å²) in [6.07, 6.45) is 3.17. The summed E-state index contributed by atoms with van der Waals surface area (Å²) in [6.45, 7) is 2.70. The van der Waals surface area contributed by atoms with Gasteiger partial charge in [0.2, 0.25) is 5.91 Å². The second-order valence-corrected chi connectivity index (χ2v) is 10.1. The van der Waals surface area contributed by atoms with E-state index in [0.717, 1.165) is 24.0 Å². The van der Waals surface area contributed by atoms with E-state index in [-0.39, 0.29) is 31.0 Å². The normalized spacial score (nSPS) is 22.5. The van der Waals surface area contributed by atoms with Gasteiger partial charge in [0.1, 0.15) is 6.61 Å². The number of aliphatic carboxylic acids is 1. The molecule has 0 radical (unpaired) electrons. The molecular formula is C28H32N2O5. The quantitative estimate of drug-likeness (QED) is 0.644. The second kappa shape index (κ2) is 9.36. The molecule has 1 saturated carbocycles. The molecule has 2 atom stereocenters. The van der Waals surface area contributed by atoms with Crippen molar-refractivity contribution in [1.29, 1.82) is 0 Å². The van der Waals surface area contributed by atoms with Gasteiger partial charge in [-0.05, 0) is 48.4 Å². The Kier molecular flexibility index (Phi) is 6.26. The van der Waals surface area contributed by atoms with Crippen LogP contribution >= 0.6 is 0 Å². The number of carbonyl (C=O) groups excluding carboxylic acids is 2. The number of nitrogens with one attached hydrogen (secondary N) is 1. The van der Waals surface area contributed by atoms with Crippen molar-refractivity contribution in [2.75, 3.05) is 19.7 Å². The first-order chi connectivity index (χ1) is 16.9. The number of benzene rings is 2. The van der Waals surface area contributed by atoms with E-state index in [0.29, 0.717) is 25.8 Å². The molecule has 2 aromatic carbocycles. The number of fused-ring (bicyclic) bond motifs is 3. The lowest BCUT2D eigenvalue weighted by Crippen LogP contribution is -2.50. The Balaban J connectivity index is 1.23. The van der Waals surface area contributed by atoms with Gasteiger partial charge in [-0.2, -0.15) is 0 Å². The average Bonchev–Trinajstić information content (AvgIpc) is 3.57. The van der Waals surface area contributed by atoms with Crippen molar-refractivity contribution in [2.45, 2.75) is 51.0 Å². The minimum atomic E-state index is -0.856. The number of amides is 2. The lowest BCUT2D eigenvalue weighted by Gasteiger charge is -2.35. The van der Waals surface area contributed by atoms with Gasteiger partial charge in [-0.25, -0.2) is 4.79 Å². The molecule has 35 heavy (non-hydrogen) atoms. The third kappa shape index (κ3) is 4.17. The third-order valence-electron chi connectivity index (χ3n) is 8.26. The van der Waals surface area contributed by atoms with Crippen molar-refractivity contribution in [3.8, 4) is 11.1 Å². The van der Waals surface area contributed by atoms with E-state index in [1.165, 1.54) is 11.1 Å². The standard InChI is InChI=1S/C28H32N2O5/c1-18-19(25(31)32)12-15-30(18)26(33)28(13-6-7-14-28)17-29-27(34)35-16-24-22-10-4-2-8-20(22)21-9-3-5-11-23(21)24/h2-5,8-11,18-19,24H,6-7,12-17H2,1H3,(H,29,34)(H,31,32). The Morgan fingerprint density at radius 1 is 1.03 bits per heavy atom. The van der Waals surface area contributed by atoms with Crippen LogP contribution in [0.4, 0.5) is 4.79 Å². The van der Waals surface area contributed by atoms with Gasteiger partial charge >= 0.3 is 12.1 Å². The predicted molar refractivity (Wildman–Crippen MR) is 131 cm³/mol. The molecule has 184 valence electrons. The molecule has 3 aliphatic rings. The van der Waals surface area contributed by atoms with E-state index in [4.69, 9.17) is 4.74 Å². The van der Waals surface area contributed by atoms with Gasteiger partial charge in [0.25, 0.3) is 0 Å². The molecule has 7 nitrogen and oxygen atoms in total. The van der Waals surface area contributed by atoms with E-state index in [2.05, 4.69) is 29.6 Å². The van der Waals surface area contributed by atoms with Gasteiger partial charge < -0.3 is 20.1 Å². The summed E-state index contributed by atoms with van der Waals surface area (Å²) in [5.41, 5.74) is 3.96. The van der Waals surface area contributed by atoms with E-state index in [9.17, 15) is 19.5 Å². The number of carboxylic acids is 1. The van der Waals surface area contributed by atoms with Crippen LogP contribution in [0.25, 0.3) is 11.1 Å². The van der Waals surface area contributed by atoms with Gasteiger partial charge in [-0.1, -0.05) is 61.4 Å². The van der Waals surface area contributed by atoms with E-state index < -0.39 is 23.4 Å². The largest absolute Gasteiger partial charge is 0.481 e. The monoisotopic (exact) mass is 476 g/mol. The van der Waals surface area contributed by atoms with Crippen molar-refractivity contribution >= 4 is 18.0 Å². The number of rotatable bonds is 6. The van der Waals surface area contributed by atoms with E-state index in [1.807, 2.05) is 31.2 Å². The van der Waals surface area contributed by atoms with Gasteiger partial charge in [-0.15, -0.1) is 0 Å². The maximum Gasteiger partial charge on any atom is 0.407 e. The summed E-state index contributed by atoms with van der Waals surface area (Å²) < 4.78 is 5.67. The highest BCUT2D eigenvalue weighted by Gasteiger charge is 2.48. The summed E-state index contributed by atoms with van der Waals surface area (Å²) in [6, 6.07) is 16.0. The lowest BCUT2D eigenvalue weighted by molar-refractivity contribution is -0.145. The van der Waals surface area contributed by atoms with Crippen LogP contribution in [0.3, 0.4) is 0 Å². The van der Waals surface area contributed by atoms with Crippen LogP contribution in [0, 0.1) is 11.3 Å². The minimum Gasteiger partial charge on any atom is -0.481 e. The highest BCUT2D eigenvalue weighted by Crippen LogP contribution is 2.45.